The molecular formula is C20H24O2. The van der Waals surface area contributed by atoms with E-state index < -0.39 is 0 Å². The van der Waals surface area contributed by atoms with Gasteiger partial charge in [-0.1, -0.05) is 25.7 Å². The van der Waals surface area contributed by atoms with Crippen LogP contribution >= 0.6 is 0 Å². The summed E-state index contributed by atoms with van der Waals surface area (Å²) < 4.78 is 0. The van der Waals surface area contributed by atoms with Crippen LogP contribution in [0.1, 0.15) is 73.6 Å². The molecule has 116 valence electrons. The Morgan fingerprint density at radius 1 is 0.409 bits per heavy atom. The minimum Gasteiger partial charge on any atom is -0.285 e. The van der Waals surface area contributed by atoms with Crippen molar-refractivity contribution in [3.8, 4) is 0 Å². The van der Waals surface area contributed by atoms with E-state index >= 15 is 0 Å². The Morgan fingerprint density at radius 3 is 1.09 bits per heavy atom. The SMILES string of the molecule is O=c1c(=O)c2c3c(c4c(c12)CCCCCC4)CCCCCC3. The van der Waals surface area contributed by atoms with Gasteiger partial charge in [-0.25, -0.2) is 0 Å². The molecule has 0 fully saturated rings. The molecule has 0 radical (unpaired) electrons. The molecule has 2 aliphatic rings. The molecule has 0 heterocycles. The largest absolute Gasteiger partial charge is 0.285 e. The molecule has 2 heteroatoms. The van der Waals surface area contributed by atoms with Crippen LogP contribution in [0, 0.1) is 0 Å². The predicted molar refractivity (Wildman–Crippen MR) is 90.6 cm³/mol. The fourth-order valence-corrected chi connectivity index (χ4v) is 4.70. The van der Waals surface area contributed by atoms with Crippen molar-refractivity contribution in [2.24, 2.45) is 0 Å². The van der Waals surface area contributed by atoms with E-state index in [1.807, 2.05) is 0 Å². The number of rotatable bonds is 0. The van der Waals surface area contributed by atoms with Gasteiger partial charge in [0.1, 0.15) is 0 Å². The molecule has 0 amide bonds. The summed E-state index contributed by atoms with van der Waals surface area (Å²) in [5, 5.41) is 1.67. The van der Waals surface area contributed by atoms with Gasteiger partial charge in [0.2, 0.25) is 10.9 Å². The highest BCUT2D eigenvalue weighted by Crippen LogP contribution is 2.35. The van der Waals surface area contributed by atoms with Crippen molar-refractivity contribution in [2.45, 2.75) is 77.0 Å². The summed E-state index contributed by atoms with van der Waals surface area (Å²) in [6.45, 7) is 0. The molecule has 4 rings (SSSR count). The summed E-state index contributed by atoms with van der Waals surface area (Å²) in [6.07, 6.45) is 14.2. The van der Waals surface area contributed by atoms with Gasteiger partial charge < -0.3 is 0 Å². The van der Waals surface area contributed by atoms with E-state index in [1.165, 1.54) is 73.6 Å². The van der Waals surface area contributed by atoms with Crippen LogP contribution in [0.4, 0.5) is 0 Å². The highest BCUT2D eigenvalue weighted by Gasteiger charge is 2.27. The van der Waals surface area contributed by atoms with Gasteiger partial charge in [-0.3, -0.25) is 9.59 Å². The van der Waals surface area contributed by atoms with Gasteiger partial charge in [-0.2, -0.15) is 0 Å². The first-order chi connectivity index (χ1) is 10.8. The molecule has 0 aromatic heterocycles. The third kappa shape index (κ3) is 2.07. The Morgan fingerprint density at radius 2 is 0.727 bits per heavy atom. The Bertz CT molecular complexity index is 723. The zero-order valence-corrected chi connectivity index (χ0v) is 13.3. The van der Waals surface area contributed by atoms with Gasteiger partial charge in [-0.15, -0.1) is 0 Å². The van der Waals surface area contributed by atoms with Crippen molar-refractivity contribution < 1.29 is 0 Å². The molecule has 0 saturated carbocycles. The molecule has 0 bridgehead atoms. The van der Waals surface area contributed by atoms with E-state index in [0.29, 0.717) is 0 Å². The standard InChI is InChI=1S/C20H24O2/c21-19-17-15-11-7-3-1-5-9-13(15)14-10-6-2-4-8-12-16(14)18(17)20(19)22/h1-12H2. The van der Waals surface area contributed by atoms with E-state index in [0.717, 1.165) is 36.5 Å². The number of fused-ring (bicyclic) bond motifs is 6. The highest BCUT2D eigenvalue weighted by atomic mass is 16.2. The van der Waals surface area contributed by atoms with Crippen LogP contribution in [0.15, 0.2) is 9.59 Å². The third-order valence-corrected chi connectivity index (χ3v) is 5.81. The quantitative estimate of drug-likeness (QED) is 0.694. The van der Waals surface area contributed by atoms with E-state index in [9.17, 15) is 9.59 Å². The van der Waals surface area contributed by atoms with Gasteiger partial charge in [0.25, 0.3) is 0 Å². The van der Waals surface area contributed by atoms with Crippen LogP contribution in [0.2, 0.25) is 0 Å². The summed E-state index contributed by atoms with van der Waals surface area (Å²) in [6, 6.07) is 0. The van der Waals surface area contributed by atoms with E-state index in [2.05, 4.69) is 0 Å². The lowest BCUT2D eigenvalue weighted by atomic mass is 9.78. The zero-order valence-electron chi connectivity index (χ0n) is 13.3. The first kappa shape index (κ1) is 14.2. The first-order valence-electron chi connectivity index (χ1n) is 9.07. The predicted octanol–water partition coefficient (Wildman–Crippen LogP) is 3.75. The van der Waals surface area contributed by atoms with Crippen LogP contribution in [0.25, 0.3) is 10.8 Å². The normalized spacial score (nSPS) is 19.8. The van der Waals surface area contributed by atoms with Crippen LogP contribution in [-0.2, 0) is 25.7 Å². The van der Waals surface area contributed by atoms with Gasteiger partial charge >= 0.3 is 0 Å². The number of aryl methyl sites for hydroxylation is 2. The molecular weight excluding hydrogens is 272 g/mol. The number of hydrogen-bond donors (Lipinski definition) is 0. The van der Waals surface area contributed by atoms with E-state index in [4.69, 9.17) is 0 Å². The smallest absolute Gasteiger partial charge is 0.234 e. The Hall–Kier alpha value is -1.44. The summed E-state index contributed by atoms with van der Waals surface area (Å²) in [5.41, 5.74) is 5.07. The topological polar surface area (TPSA) is 34.1 Å². The van der Waals surface area contributed by atoms with Gasteiger partial charge in [0, 0.05) is 10.8 Å². The molecule has 2 aromatic carbocycles. The molecule has 0 aliphatic heterocycles. The lowest BCUT2D eigenvalue weighted by Crippen LogP contribution is -2.34. The van der Waals surface area contributed by atoms with Crippen molar-refractivity contribution in [3.63, 3.8) is 0 Å². The Labute approximate surface area is 131 Å². The fourth-order valence-electron chi connectivity index (χ4n) is 4.70. The number of hydrogen-bond acceptors (Lipinski definition) is 2. The zero-order chi connectivity index (χ0) is 15.1. The first-order valence-corrected chi connectivity index (χ1v) is 9.07. The van der Waals surface area contributed by atoms with Crippen molar-refractivity contribution in [3.05, 3.63) is 42.7 Å². The molecule has 2 nitrogen and oxygen atoms in total. The van der Waals surface area contributed by atoms with Crippen molar-refractivity contribution in [1.29, 1.82) is 0 Å². The molecule has 0 saturated heterocycles. The summed E-state index contributed by atoms with van der Waals surface area (Å²) in [5.74, 6) is 0. The molecule has 0 unspecified atom stereocenters. The highest BCUT2D eigenvalue weighted by molar-refractivity contribution is 5.95. The second kappa shape index (κ2) is 5.64. The van der Waals surface area contributed by atoms with Crippen LogP contribution in [0.3, 0.4) is 0 Å². The summed E-state index contributed by atoms with van der Waals surface area (Å²) in [4.78, 5) is 24.4. The summed E-state index contributed by atoms with van der Waals surface area (Å²) in [7, 11) is 0. The lowest BCUT2D eigenvalue weighted by molar-refractivity contribution is 0.595. The van der Waals surface area contributed by atoms with Crippen LogP contribution in [-0.4, -0.2) is 0 Å². The Kier molecular flexibility index (Phi) is 3.63. The maximum absolute atomic E-state index is 12.2. The van der Waals surface area contributed by atoms with E-state index in [-0.39, 0.29) is 10.9 Å². The lowest BCUT2D eigenvalue weighted by Gasteiger charge is -2.26. The third-order valence-electron chi connectivity index (χ3n) is 5.81. The maximum atomic E-state index is 12.2. The molecule has 2 aromatic rings. The van der Waals surface area contributed by atoms with E-state index in [1.54, 1.807) is 0 Å². The van der Waals surface area contributed by atoms with Gasteiger partial charge in [-0.05, 0) is 73.6 Å². The van der Waals surface area contributed by atoms with Crippen LogP contribution < -0.4 is 10.9 Å². The van der Waals surface area contributed by atoms with Crippen LogP contribution in [0.5, 0.6) is 0 Å². The second-order valence-corrected chi connectivity index (χ2v) is 7.15. The second-order valence-electron chi connectivity index (χ2n) is 7.15. The minimum absolute atomic E-state index is 0.198. The van der Waals surface area contributed by atoms with Crippen molar-refractivity contribution in [1.82, 2.24) is 0 Å². The fraction of sp³-hybridized carbons (Fsp3) is 0.600. The molecule has 2 aliphatic carbocycles. The van der Waals surface area contributed by atoms with Crippen molar-refractivity contribution >= 4 is 10.8 Å². The van der Waals surface area contributed by atoms with Gasteiger partial charge in [0.05, 0.1) is 0 Å². The van der Waals surface area contributed by atoms with Gasteiger partial charge in [0.15, 0.2) is 0 Å². The molecule has 0 atom stereocenters. The molecule has 0 spiro atoms. The maximum Gasteiger partial charge on any atom is 0.234 e. The average Bonchev–Trinajstić information content (AvgIpc) is 2.47. The number of benzene rings is 1. The minimum atomic E-state index is -0.198. The molecule has 22 heavy (non-hydrogen) atoms. The molecule has 0 N–H and O–H groups in total. The Balaban J connectivity index is 2.01. The van der Waals surface area contributed by atoms with Crippen molar-refractivity contribution in [2.75, 3.05) is 0 Å². The summed E-state index contributed by atoms with van der Waals surface area (Å²) >= 11 is 0. The average molecular weight is 296 g/mol. The monoisotopic (exact) mass is 296 g/mol.